The van der Waals surface area contributed by atoms with Crippen molar-refractivity contribution < 1.29 is 9.18 Å². The maximum atomic E-state index is 13.8. The fraction of sp³-hybridized carbons (Fsp3) is 0.444. The summed E-state index contributed by atoms with van der Waals surface area (Å²) in [6.45, 7) is 5.98. The van der Waals surface area contributed by atoms with Crippen molar-refractivity contribution >= 4 is 21.8 Å². The molecule has 1 unspecified atom stereocenters. The molecule has 1 saturated heterocycles. The van der Waals surface area contributed by atoms with Crippen molar-refractivity contribution in [3.8, 4) is 0 Å². The summed E-state index contributed by atoms with van der Waals surface area (Å²) in [6, 6.07) is 6.87. The van der Waals surface area contributed by atoms with Gasteiger partial charge in [-0.05, 0) is 22.0 Å². The molecule has 25 heavy (non-hydrogen) atoms. The van der Waals surface area contributed by atoms with E-state index in [9.17, 15) is 9.18 Å². The highest BCUT2D eigenvalue weighted by molar-refractivity contribution is 9.10. The molecule has 134 valence electrons. The maximum absolute atomic E-state index is 13.8. The van der Waals surface area contributed by atoms with Gasteiger partial charge in [0.15, 0.2) is 0 Å². The van der Waals surface area contributed by atoms with Crippen molar-refractivity contribution in [2.45, 2.75) is 20.0 Å². The molecular weight excluding hydrogens is 387 g/mol. The molecule has 0 aliphatic carbocycles. The van der Waals surface area contributed by atoms with E-state index in [1.54, 1.807) is 16.9 Å². The highest BCUT2D eigenvalue weighted by atomic mass is 79.9. The zero-order chi connectivity index (χ0) is 17.8. The fourth-order valence-corrected chi connectivity index (χ4v) is 3.43. The first-order valence-corrected chi connectivity index (χ1v) is 9.24. The Morgan fingerprint density at radius 3 is 2.64 bits per heavy atom. The van der Waals surface area contributed by atoms with Crippen molar-refractivity contribution in [1.82, 2.24) is 19.6 Å². The number of hydrogen-bond acceptors (Lipinski definition) is 3. The molecule has 5 nitrogen and oxygen atoms in total. The van der Waals surface area contributed by atoms with E-state index in [1.165, 1.54) is 6.07 Å². The van der Waals surface area contributed by atoms with Crippen LogP contribution in [0, 0.1) is 11.7 Å². The molecule has 0 spiro atoms. The van der Waals surface area contributed by atoms with Gasteiger partial charge in [-0.25, -0.2) is 4.39 Å². The molecule has 1 aliphatic heterocycles. The van der Waals surface area contributed by atoms with Crippen molar-refractivity contribution in [2.24, 2.45) is 5.92 Å². The number of carbonyl (C=O) groups excluding carboxylic acids is 1. The Morgan fingerprint density at radius 2 is 2.00 bits per heavy atom. The van der Waals surface area contributed by atoms with Crippen molar-refractivity contribution in [3.05, 3.63) is 52.5 Å². The van der Waals surface area contributed by atoms with E-state index in [0.29, 0.717) is 31.7 Å². The molecule has 0 bridgehead atoms. The van der Waals surface area contributed by atoms with Crippen LogP contribution in [0.15, 0.2) is 41.1 Å². The third-order valence-corrected chi connectivity index (χ3v) is 4.93. The minimum absolute atomic E-state index is 0.120. The molecule has 1 aromatic heterocycles. The van der Waals surface area contributed by atoms with Crippen LogP contribution in [0.25, 0.3) is 0 Å². The normalized spacial score (nSPS) is 16.8. The molecule has 2 aromatic rings. The molecule has 0 saturated carbocycles. The first-order chi connectivity index (χ1) is 12.0. The highest BCUT2D eigenvalue weighted by Crippen LogP contribution is 2.15. The second kappa shape index (κ2) is 8.10. The summed E-state index contributed by atoms with van der Waals surface area (Å²) in [7, 11) is 0. The van der Waals surface area contributed by atoms with Crippen molar-refractivity contribution in [2.75, 3.05) is 26.2 Å². The Labute approximate surface area is 155 Å². The van der Waals surface area contributed by atoms with Crippen LogP contribution in [0.3, 0.4) is 0 Å². The largest absolute Gasteiger partial charge is 0.340 e. The number of carbonyl (C=O) groups is 1. The molecule has 0 N–H and O–H groups in total. The second-order valence-corrected chi connectivity index (χ2v) is 7.39. The summed E-state index contributed by atoms with van der Waals surface area (Å²) in [4.78, 5) is 16.7. The Morgan fingerprint density at radius 1 is 1.28 bits per heavy atom. The molecule has 1 aliphatic rings. The zero-order valence-electron chi connectivity index (χ0n) is 14.2. The Balaban J connectivity index is 1.49. The third-order valence-electron chi connectivity index (χ3n) is 4.52. The number of piperazine rings is 1. The summed E-state index contributed by atoms with van der Waals surface area (Å²) >= 11 is 3.36. The van der Waals surface area contributed by atoms with E-state index >= 15 is 0 Å². The molecule has 1 atom stereocenters. The van der Waals surface area contributed by atoms with Gasteiger partial charge in [-0.1, -0.05) is 25.1 Å². The lowest BCUT2D eigenvalue weighted by molar-refractivity contribution is -0.137. The first-order valence-electron chi connectivity index (χ1n) is 8.45. The van der Waals surface area contributed by atoms with Crippen LogP contribution in [-0.4, -0.2) is 51.7 Å². The van der Waals surface area contributed by atoms with E-state index in [4.69, 9.17) is 0 Å². The van der Waals surface area contributed by atoms with Gasteiger partial charge in [0.2, 0.25) is 5.91 Å². The van der Waals surface area contributed by atoms with Crippen LogP contribution in [-0.2, 0) is 17.9 Å². The summed E-state index contributed by atoms with van der Waals surface area (Å²) in [5.74, 6) is -0.137. The van der Waals surface area contributed by atoms with E-state index in [-0.39, 0.29) is 17.6 Å². The van der Waals surface area contributed by atoms with Crippen molar-refractivity contribution in [3.63, 3.8) is 0 Å². The number of aromatic nitrogens is 2. The molecule has 1 amide bonds. The molecular formula is C18H22BrFN4O. The number of nitrogens with zero attached hydrogens (tertiary/aromatic N) is 4. The molecule has 3 rings (SSSR count). The number of rotatable bonds is 5. The number of hydrogen-bond donors (Lipinski definition) is 0. The summed E-state index contributed by atoms with van der Waals surface area (Å²) in [5.41, 5.74) is 0.708. The number of amides is 1. The lowest BCUT2D eigenvalue weighted by atomic mass is 10.1. The van der Waals surface area contributed by atoms with Crippen LogP contribution in [0.4, 0.5) is 4.39 Å². The van der Waals surface area contributed by atoms with Gasteiger partial charge in [0, 0.05) is 44.5 Å². The van der Waals surface area contributed by atoms with Gasteiger partial charge in [-0.2, -0.15) is 5.10 Å². The lowest BCUT2D eigenvalue weighted by Crippen LogP contribution is -2.50. The predicted octanol–water partition coefficient (Wildman–Crippen LogP) is 2.77. The van der Waals surface area contributed by atoms with E-state index in [0.717, 1.165) is 17.6 Å². The van der Waals surface area contributed by atoms with E-state index < -0.39 is 0 Å². The van der Waals surface area contributed by atoms with Crippen LogP contribution in [0.5, 0.6) is 0 Å². The summed E-state index contributed by atoms with van der Waals surface area (Å²) in [5, 5.41) is 4.21. The standard InChI is InChI=1S/C18H22BrFN4O/c1-14(11-24-13-16(19)10-21-24)18(25)23-8-6-22(7-9-23)12-15-4-2-3-5-17(15)20/h2-5,10,13-14H,6-9,11-12H2,1H3. The average Bonchev–Trinajstić information content (AvgIpc) is 3.02. The Bertz CT molecular complexity index is 727. The van der Waals surface area contributed by atoms with E-state index in [1.807, 2.05) is 30.2 Å². The molecule has 7 heteroatoms. The van der Waals surface area contributed by atoms with Crippen LogP contribution in [0.1, 0.15) is 12.5 Å². The SMILES string of the molecule is CC(Cn1cc(Br)cn1)C(=O)N1CCN(Cc2ccccc2F)CC1. The van der Waals surface area contributed by atoms with Gasteiger partial charge in [-0.15, -0.1) is 0 Å². The van der Waals surface area contributed by atoms with Gasteiger partial charge >= 0.3 is 0 Å². The topological polar surface area (TPSA) is 41.4 Å². The first kappa shape index (κ1) is 18.1. The van der Waals surface area contributed by atoms with Crippen LogP contribution >= 0.6 is 15.9 Å². The van der Waals surface area contributed by atoms with Gasteiger partial charge in [0.25, 0.3) is 0 Å². The quantitative estimate of drug-likeness (QED) is 0.763. The molecule has 1 aromatic carbocycles. The lowest BCUT2D eigenvalue weighted by Gasteiger charge is -2.36. The van der Waals surface area contributed by atoms with Gasteiger partial charge in [0.05, 0.1) is 23.1 Å². The average molecular weight is 409 g/mol. The Kier molecular flexibility index (Phi) is 5.86. The highest BCUT2D eigenvalue weighted by Gasteiger charge is 2.25. The predicted molar refractivity (Wildman–Crippen MR) is 97.3 cm³/mol. The van der Waals surface area contributed by atoms with Gasteiger partial charge < -0.3 is 4.90 Å². The summed E-state index contributed by atoms with van der Waals surface area (Å²) < 4.78 is 16.5. The van der Waals surface area contributed by atoms with Crippen LogP contribution in [0.2, 0.25) is 0 Å². The second-order valence-electron chi connectivity index (χ2n) is 6.47. The summed E-state index contributed by atoms with van der Waals surface area (Å²) in [6.07, 6.45) is 3.59. The zero-order valence-corrected chi connectivity index (χ0v) is 15.8. The maximum Gasteiger partial charge on any atom is 0.227 e. The molecule has 1 fully saturated rings. The molecule has 0 radical (unpaired) electrons. The van der Waals surface area contributed by atoms with Crippen LogP contribution < -0.4 is 0 Å². The fourth-order valence-electron chi connectivity index (χ4n) is 3.10. The molecule has 2 heterocycles. The van der Waals surface area contributed by atoms with Gasteiger partial charge in [0.1, 0.15) is 5.82 Å². The third kappa shape index (κ3) is 4.67. The Hall–Kier alpha value is -1.73. The van der Waals surface area contributed by atoms with Crippen molar-refractivity contribution in [1.29, 1.82) is 0 Å². The van der Waals surface area contributed by atoms with E-state index in [2.05, 4.69) is 25.9 Å². The monoisotopic (exact) mass is 408 g/mol. The minimum Gasteiger partial charge on any atom is -0.340 e. The smallest absolute Gasteiger partial charge is 0.227 e. The van der Waals surface area contributed by atoms with Gasteiger partial charge in [-0.3, -0.25) is 14.4 Å². The minimum atomic E-state index is -0.167. The number of benzene rings is 1. The number of halogens is 2.